The summed E-state index contributed by atoms with van der Waals surface area (Å²) in [5.74, 6) is 0.0543. The van der Waals surface area contributed by atoms with Gasteiger partial charge in [0, 0.05) is 16.8 Å². The minimum absolute atomic E-state index is 0.211. The van der Waals surface area contributed by atoms with Gasteiger partial charge in [0.05, 0.1) is 17.3 Å². The molecule has 0 aliphatic rings. The van der Waals surface area contributed by atoms with E-state index in [2.05, 4.69) is 10.4 Å². The largest absolute Gasteiger partial charge is 0.492 e. The third kappa shape index (κ3) is 4.71. The van der Waals surface area contributed by atoms with E-state index in [1.54, 1.807) is 55.5 Å². The Labute approximate surface area is 171 Å². The Bertz CT molecular complexity index is 1050. The standard InChI is InChI=1S/C20H17Cl2N3O3/c1-13-12-18(26)19(24-25(13)17-5-3-2-4-16(17)22)20(27)23-10-11-28-15-8-6-14(21)7-9-15/h2-9,12H,10-11H2,1H3,(H,23,27). The molecule has 0 bridgehead atoms. The lowest BCUT2D eigenvalue weighted by molar-refractivity contribution is 0.0939. The molecule has 144 valence electrons. The van der Waals surface area contributed by atoms with E-state index in [1.165, 1.54) is 10.7 Å². The molecule has 1 aromatic heterocycles. The number of amides is 1. The topological polar surface area (TPSA) is 73.2 Å². The van der Waals surface area contributed by atoms with Crippen molar-refractivity contribution in [2.24, 2.45) is 0 Å². The summed E-state index contributed by atoms with van der Waals surface area (Å²) in [6.07, 6.45) is 0. The van der Waals surface area contributed by atoms with Gasteiger partial charge in [-0.25, -0.2) is 4.68 Å². The molecule has 3 rings (SSSR count). The van der Waals surface area contributed by atoms with Crippen molar-refractivity contribution in [3.63, 3.8) is 0 Å². The average molecular weight is 418 g/mol. The number of nitrogens with one attached hydrogen (secondary N) is 1. The van der Waals surface area contributed by atoms with Crippen LogP contribution in [0.4, 0.5) is 0 Å². The van der Waals surface area contributed by atoms with Gasteiger partial charge in [-0.2, -0.15) is 5.10 Å². The van der Waals surface area contributed by atoms with E-state index in [1.807, 2.05) is 0 Å². The molecule has 0 aliphatic carbocycles. The molecule has 6 nitrogen and oxygen atoms in total. The Kier molecular flexibility index (Phi) is 6.34. The number of halogens is 2. The maximum atomic E-state index is 12.4. The van der Waals surface area contributed by atoms with E-state index in [9.17, 15) is 9.59 Å². The van der Waals surface area contributed by atoms with Crippen LogP contribution in [0.1, 0.15) is 16.2 Å². The zero-order valence-corrected chi connectivity index (χ0v) is 16.5. The minimum atomic E-state index is -0.578. The number of rotatable bonds is 6. The molecule has 0 fully saturated rings. The summed E-state index contributed by atoms with van der Waals surface area (Å²) >= 11 is 12.0. The van der Waals surface area contributed by atoms with E-state index in [0.29, 0.717) is 27.2 Å². The molecular weight excluding hydrogens is 401 g/mol. The molecular formula is C20H17Cl2N3O3. The van der Waals surface area contributed by atoms with Crippen LogP contribution in [0, 0.1) is 6.92 Å². The fourth-order valence-electron chi connectivity index (χ4n) is 2.52. The first-order chi connectivity index (χ1) is 13.5. The van der Waals surface area contributed by atoms with Gasteiger partial charge in [-0.05, 0) is 43.3 Å². The van der Waals surface area contributed by atoms with Crippen molar-refractivity contribution in [2.45, 2.75) is 6.92 Å². The van der Waals surface area contributed by atoms with Gasteiger partial charge in [0.25, 0.3) is 5.91 Å². The lowest BCUT2D eigenvalue weighted by Crippen LogP contribution is -2.34. The Morgan fingerprint density at radius 2 is 1.86 bits per heavy atom. The third-order valence-electron chi connectivity index (χ3n) is 3.87. The zero-order valence-electron chi connectivity index (χ0n) is 15.0. The van der Waals surface area contributed by atoms with Crippen LogP contribution in [0.15, 0.2) is 59.4 Å². The summed E-state index contributed by atoms with van der Waals surface area (Å²) in [5, 5.41) is 7.91. The van der Waals surface area contributed by atoms with Gasteiger partial charge in [-0.15, -0.1) is 0 Å². The Morgan fingerprint density at radius 1 is 1.14 bits per heavy atom. The Balaban J connectivity index is 1.69. The highest BCUT2D eigenvalue weighted by molar-refractivity contribution is 6.32. The summed E-state index contributed by atoms with van der Waals surface area (Å²) in [7, 11) is 0. The average Bonchev–Trinajstić information content (AvgIpc) is 2.67. The molecule has 1 heterocycles. The van der Waals surface area contributed by atoms with Crippen molar-refractivity contribution < 1.29 is 9.53 Å². The fraction of sp³-hybridized carbons (Fsp3) is 0.150. The number of carbonyl (C=O) groups is 1. The van der Waals surface area contributed by atoms with Crippen LogP contribution in [0.2, 0.25) is 10.0 Å². The lowest BCUT2D eigenvalue weighted by Gasteiger charge is -2.12. The van der Waals surface area contributed by atoms with Gasteiger partial charge in [-0.1, -0.05) is 35.3 Å². The van der Waals surface area contributed by atoms with Crippen LogP contribution < -0.4 is 15.5 Å². The van der Waals surface area contributed by atoms with E-state index < -0.39 is 11.3 Å². The predicted octanol–water partition coefficient (Wildman–Crippen LogP) is 3.66. The highest BCUT2D eigenvalue weighted by Crippen LogP contribution is 2.19. The highest BCUT2D eigenvalue weighted by Gasteiger charge is 2.16. The number of para-hydroxylation sites is 1. The number of nitrogens with zero attached hydrogens (tertiary/aromatic N) is 2. The molecule has 0 aliphatic heterocycles. The van der Waals surface area contributed by atoms with Crippen molar-refractivity contribution in [3.8, 4) is 11.4 Å². The van der Waals surface area contributed by atoms with Crippen molar-refractivity contribution >= 4 is 29.1 Å². The Morgan fingerprint density at radius 3 is 2.57 bits per heavy atom. The van der Waals surface area contributed by atoms with Gasteiger partial charge in [0.1, 0.15) is 12.4 Å². The van der Waals surface area contributed by atoms with Crippen LogP contribution in [0.5, 0.6) is 5.75 Å². The molecule has 0 saturated carbocycles. The molecule has 3 aromatic rings. The van der Waals surface area contributed by atoms with Crippen LogP contribution in [-0.2, 0) is 0 Å². The van der Waals surface area contributed by atoms with Crippen LogP contribution >= 0.6 is 23.2 Å². The molecule has 0 unspecified atom stereocenters. The van der Waals surface area contributed by atoms with Crippen molar-refractivity contribution in [3.05, 3.63) is 86.3 Å². The van der Waals surface area contributed by atoms with E-state index >= 15 is 0 Å². The first-order valence-corrected chi connectivity index (χ1v) is 9.24. The third-order valence-corrected chi connectivity index (χ3v) is 4.44. The molecule has 28 heavy (non-hydrogen) atoms. The van der Waals surface area contributed by atoms with Crippen LogP contribution in [0.3, 0.4) is 0 Å². The molecule has 2 aromatic carbocycles. The number of hydrogen-bond acceptors (Lipinski definition) is 4. The zero-order chi connectivity index (χ0) is 20.1. The van der Waals surface area contributed by atoms with Gasteiger partial charge >= 0.3 is 0 Å². The van der Waals surface area contributed by atoms with Gasteiger partial charge in [0.15, 0.2) is 5.69 Å². The number of benzene rings is 2. The second kappa shape index (κ2) is 8.91. The predicted molar refractivity (Wildman–Crippen MR) is 109 cm³/mol. The highest BCUT2D eigenvalue weighted by atomic mass is 35.5. The van der Waals surface area contributed by atoms with E-state index in [4.69, 9.17) is 27.9 Å². The lowest BCUT2D eigenvalue weighted by atomic mass is 10.2. The molecule has 1 amide bonds. The Hall–Kier alpha value is -2.83. The number of carbonyl (C=O) groups excluding carboxylic acids is 1. The molecule has 0 saturated heterocycles. The molecule has 8 heteroatoms. The molecule has 1 N–H and O–H groups in total. The summed E-state index contributed by atoms with van der Waals surface area (Å²) < 4.78 is 6.99. The first-order valence-electron chi connectivity index (χ1n) is 8.48. The fourth-order valence-corrected chi connectivity index (χ4v) is 2.86. The summed E-state index contributed by atoms with van der Waals surface area (Å²) in [6.45, 7) is 2.17. The van der Waals surface area contributed by atoms with Crippen LogP contribution in [-0.4, -0.2) is 28.8 Å². The van der Waals surface area contributed by atoms with E-state index in [-0.39, 0.29) is 18.8 Å². The number of ether oxygens (including phenoxy) is 1. The number of aromatic nitrogens is 2. The molecule has 0 radical (unpaired) electrons. The first kappa shape index (κ1) is 19.9. The normalized spacial score (nSPS) is 10.5. The van der Waals surface area contributed by atoms with Crippen molar-refractivity contribution in [1.29, 1.82) is 0 Å². The second-order valence-corrected chi connectivity index (χ2v) is 6.76. The summed E-state index contributed by atoms with van der Waals surface area (Å²) in [5.41, 5.74) is 0.483. The van der Waals surface area contributed by atoms with Crippen LogP contribution in [0.25, 0.3) is 5.69 Å². The monoisotopic (exact) mass is 417 g/mol. The molecule has 0 spiro atoms. The maximum absolute atomic E-state index is 12.4. The smallest absolute Gasteiger partial charge is 0.275 e. The molecule has 0 atom stereocenters. The summed E-state index contributed by atoms with van der Waals surface area (Å²) in [4.78, 5) is 24.6. The van der Waals surface area contributed by atoms with Gasteiger partial charge in [0.2, 0.25) is 5.43 Å². The minimum Gasteiger partial charge on any atom is -0.492 e. The maximum Gasteiger partial charge on any atom is 0.275 e. The summed E-state index contributed by atoms with van der Waals surface area (Å²) in [6, 6.07) is 15.3. The quantitative estimate of drug-likeness (QED) is 0.621. The SMILES string of the molecule is Cc1cc(=O)c(C(=O)NCCOc2ccc(Cl)cc2)nn1-c1ccccc1Cl. The second-order valence-electron chi connectivity index (χ2n) is 5.92. The number of aryl methyl sites for hydroxylation is 1. The van der Waals surface area contributed by atoms with Gasteiger partial charge < -0.3 is 10.1 Å². The number of hydrogen-bond donors (Lipinski definition) is 1. The van der Waals surface area contributed by atoms with Crippen molar-refractivity contribution in [1.82, 2.24) is 15.1 Å². The van der Waals surface area contributed by atoms with Gasteiger partial charge in [-0.3, -0.25) is 9.59 Å². The van der Waals surface area contributed by atoms with Crippen molar-refractivity contribution in [2.75, 3.05) is 13.2 Å². The van der Waals surface area contributed by atoms with E-state index in [0.717, 1.165) is 0 Å².